The van der Waals surface area contributed by atoms with Gasteiger partial charge in [0.15, 0.2) is 0 Å². The number of ketones is 2. The van der Waals surface area contributed by atoms with Crippen molar-refractivity contribution in [2.75, 3.05) is 13.2 Å². The number of hydrogen-bond acceptors (Lipinski definition) is 6. The predicted molar refractivity (Wildman–Crippen MR) is 146 cm³/mol. The molecule has 6 nitrogen and oxygen atoms in total. The number of allylic oxidation sites excluding steroid dienone is 4. The van der Waals surface area contributed by atoms with Gasteiger partial charge >= 0.3 is 38.8 Å². The van der Waals surface area contributed by atoms with Crippen LogP contribution in [0.1, 0.15) is 41.0 Å². The molecule has 17 heteroatoms. The molecule has 0 saturated carbocycles. The van der Waals surface area contributed by atoms with Crippen molar-refractivity contribution in [2.24, 2.45) is 0 Å². The van der Waals surface area contributed by atoms with Gasteiger partial charge in [-0.15, -0.1) is 6.42 Å². The molecular weight excluding hydrogens is 846 g/mol. The second kappa shape index (κ2) is 24.9. The number of carbonyl (C=O) groups excluding carboxylic acids is 4. The molecule has 0 saturated heterocycles. The Hall–Kier alpha value is -1.25. The molecule has 44 heavy (non-hydrogen) atoms. The molecule has 240 valence electrons. The number of hydrogen-bond donors (Lipinski definition) is 0. The molecule has 0 amide bonds. The predicted octanol–water partition coefficient (Wildman–Crippen LogP) is -1.77. The largest absolute Gasteiger partial charge is 4.00 e. The molecule has 3 rings (SSSR count). The molecule has 2 aromatic carbocycles. The van der Waals surface area contributed by atoms with E-state index in [-0.39, 0.29) is 92.2 Å². The fourth-order valence-electron chi connectivity index (χ4n) is 2.65. The number of esters is 2. The first-order valence-electron chi connectivity index (χ1n) is 11.3. The fraction of sp³-hybridized carbons (Fsp3) is 0.259. The number of benzene rings is 2. The van der Waals surface area contributed by atoms with Crippen molar-refractivity contribution in [1.82, 2.24) is 0 Å². The molecule has 0 spiro atoms. The third-order valence-electron chi connectivity index (χ3n) is 4.50. The summed E-state index contributed by atoms with van der Waals surface area (Å²) in [6, 6.07) is 6.08. The molecule has 0 bridgehead atoms. The molecule has 0 aromatic heterocycles. The molecule has 2 atom stereocenters. The average Bonchev–Trinajstić information content (AvgIpc) is 3.49. The molecular formula is C27H22Br2Cl4F4O6Ti. The van der Waals surface area contributed by atoms with Crippen LogP contribution in [-0.4, -0.2) is 48.0 Å². The van der Waals surface area contributed by atoms with Crippen LogP contribution in [0.5, 0.6) is 0 Å². The number of alkyl halides is 3. The topological polar surface area (TPSA) is 86.7 Å². The van der Waals surface area contributed by atoms with Gasteiger partial charge in [-0.2, -0.15) is 6.08 Å². The normalized spacial score (nSPS) is 12.3. The van der Waals surface area contributed by atoms with Crippen LogP contribution in [0.4, 0.5) is 17.6 Å². The summed E-state index contributed by atoms with van der Waals surface area (Å²) < 4.78 is 61.7. The van der Waals surface area contributed by atoms with Crippen LogP contribution in [0.3, 0.4) is 0 Å². The summed E-state index contributed by atoms with van der Waals surface area (Å²) in [6.45, 7) is 2.82. The zero-order valence-electron chi connectivity index (χ0n) is 22.6. The van der Waals surface area contributed by atoms with Gasteiger partial charge in [-0.25, -0.2) is 39.3 Å². The minimum absolute atomic E-state index is 0. The molecule has 2 aromatic rings. The Morgan fingerprint density at radius 3 is 1.77 bits per heavy atom. The molecule has 1 aliphatic carbocycles. The fourth-order valence-corrected chi connectivity index (χ4v) is 3.88. The monoisotopic (exact) mass is 864 g/mol. The second-order valence-corrected chi connectivity index (χ2v) is 9.58. The minimum atomic E-state index is -3.32. The molecule has 0 fully saturated rings. The summed E-state index contributed by atoms with van der Waals surface area (Å²) in [5, 5.41) is -3.32. The Kier molecular flexibility index (Phi) is 28.1. The summed E-state index contributed by atoms with van der Waals surface area (Å²) in [7, 11) is 0. The van der Waals surface area contributed by atoms with Crippen LogP contribution >= 0.6 is 43.5 Å². The van der Waals surface area contributed by atoms with Crippen LogP contribution in [0.25, 0.3) is 0 Å². The van der Waals surface area contributed by atoms with Gasteiger partial charge in [0, 0.05) is 20.1 Å². The maximum Gasteiger partial charge on any atom is 4.00 e. The van der Waals surface area contributed by atoms with Gasteiger partial charge in [0.2, 0.25) is 11.6 Å². The van der Waals surface area contributed by atoms with Gasteiger partial charge in [0.05, 0.1) is 13.2 Å². The minimum Gasteiger partial charge on any atom is -1.00 e. The van der Waals surface area contributed by atoms with Crippen LogP contribution < -0.4 is 37.2 Å². The molecule has 0 N–H and O–H groups in total. The third kappa shape index (κ3) is 15.8. The summed E-state index contributed by atoms with van der Waals surface area (Å²) in [4.78, 5) is 45.6. The van der Waals surface area contributed by atoms with Crippen molar-refractivity contribution in [1.29, 1.82) is 0 Å². The first-order chi connectivity index (χ1) is 18.8. The van der Waals surface area contributed by atoms with Gasteiger partial charge in [0.25, 0.3) is 6.17 Å². The molecule has 0 aliphatic heterocycles. The van der Waals surface area contributed by atoms with Crippen LogP contribution in [0.15, 0.2) is 63.6 Å². The van der Waals surface area contributed by atoms with E-state index in [9.17, 15) is 36.7 Å². The van der Waals surface area contributed by atoms with E-state index in [1.807, 2.05) is 12.2 Å². The Balaban J connectivity index is -0.000000290. The average molecular weight is 868 g/mol. The Bertz CT molecular complexity index is 1290. The SMILES string of the molecule is CCOC(=O)C(F)(Cl)C(=O)c1ccc(F)cc1Br.CCOC(=O)C(F)C(=O)c1ccc(F)cc1Br.[C-]1=CC=CC1.[Cl-].[Cl-].[Cl-].[Ti+4]. The molecule has 2 unspecified atom stereocenters. The van der Waals surface area contributed by atoms with E-state index in [1.165, 1.54) is 13.8 Å². The number of carbonyl (C=O) groups is 4. The van der Waals surface area contributed by atoms with E-state index in [0.717, 1.165) is 42.8 Å². The number of ether oxygens (including phenoxy) is 2. The van der Waals surface area contributed by atoms with Gasteiger partial charge in [-0.3, -0.25) is 15.7 Å². The van der Waals surface area contributed by atoms with E-state index >= 15 is 0 Å². The van der Waals surface area contributed by atoms with Crippen molar-refractivity contribution in [3.8, 4) is 0 Å². The van der Waals surface area contributed by atoms with Gasteiger partial charge < -0.3 is 46.7 Å². The number of rotatable bonds is 8. The van der Waals surface area contributed by atoms with Crippen LogP contribution in [0, 0.1) is 17.7 Å². The van der Waals surface area contributed by atoms with Crippen molar-refractivity contribution in [3.05, 3.63) is 92.4 Å². The molecule has 1 aliphatic rings. The molecule has 0 radical (unpaired) electrons. The summed E-state index contributed by atoms with van der Waals surface area (Å²) in [5.74, 6) is -6.29. The molecule has 0 heterocycles. The third-order valence-corrected chi connectivity index (χ3v) is 6.14. The van der Waals surface area contributed by atoms with E-state index in [0.29, 0.717) is 0 Å². The van der Waals surface area contributed by atoms with E-state index in [1.54, 1.807) is 0 Å². The smallest absolute Gasteiger partial charge is 1.00 e. The van der Waals surface area contributed by atoms with E-state index in [2.05, 4.69) is 53.5 Å². The maximum atomic E-state index is 13.9. The summed E-state index contributed by atoms with van der Waals surface area (Å²) >= 11 is 11.1. The van der Waals surface area contributed by atoms with Gasteiger partial charge in [-0.05, 0) is 82.1 Å². The van der Waals surface area contributed by atoms with Crippen molar-refractivity contribution in [2.45, 2.75) is 31.6 Å². The first-order valence-corrected chi connectivity index (χ1v) is 13.3. The Labute approximate surface area is 307 Å². The summed E-state index contributed by atoms with van der Waals surface area (Å²) in [6.07, 6.45) is 7.61. The van der Waals surface area contributed by atoms with Crippen molar-refractivity contribution >= 4 is 67.0 Å². The quantitative estimate of drug-likeness (QED) is 0.0595. The Morgan fingerprint density at radius 2 is 1.41 bits per heavy atom. The van der Waals surface area contributed by atoms with E-state index < -0.39 is 46.4 Å². The number of halogens is 10. The zero-order chi connectivity index (χ0) is 30.5. The number of Topliss-reactive ketones (excluding diaryl/α,β-unsaturated/α-hetero) is 2. The first kappa shape index (κ1) is 49.6. The standard InChI is InChI=1S/C11H8BrClF2O3.C11H9BrF2O3.C5H5.3ClH.Ti/c1-2-18-10(17)11(13,15)9(16)7-4-3-6(14)5-8(7)12;1-2-17-11(16)9(14)10(15)7-4-3-6(13)5-8(7)12;1-2-4-5-3-1;;;;/h3-5H,2H2,1H3;3-5,9H,2H2,1H3;1-3H,4H2;3*1H;/q;;-1;;;;+4/p-3. The van der Waals surface area contributed by atoms with Crippen LogP contribution in [-0.2, 0) is 40.8 Å². The van der Waals surface area contributed by atoms with Gasteiger partial charge in [0.1, 0.15) is 11.6 Å². The zero-order valence-corrected chi connectivity index (χ0v) is 30.4. The van der Waals surface area contributed by atoms with Crippen LogP contribution in [0.2, 0.25) is 0 Å². The second-order valence-electron chi connectivity index (χ2n) is 7.35. The maximum absolute atomic E-state index is 13.9. The van der Waals surface area contributed by atoms with Crippen molar-refractivity contribution in [3.63, 3.8) is 0 Å². The van der Waals surface area contributed by atoms with E-state index in [4.69, 9.17) is 11.6 Å². The van der Waals surface area contributed by atoms with Crippen molar-refractivity contribution < 1.29 is 105 Å². The van der Waals surface area contributed by atoms with Gasteiger partial charge in [-0.1, -0.05) is 11.6 Å². The Morgan fingerprint density at radius 1 is 0.932 bits per heavy atom. The summed E-state index contributed by atoms with van der Waals surface area (Å²) in [5.41, 5.74) is -0.353.